The molecule has 0 heterocycles. The van der Waals surface area contributed by atoms with Crippen molar-refractivity contribution in [3.05, 3.63) is 303 Å². The third-order valence-corrected chi connectivity index (χ3v) is 19.5. The van der Waals surface area contributed by atoms with Crippen LogP contribution in [0.1, 0.15) is 11.1 Å². The minimum Gasteiger partial charge on any atom is -0.366 e. The van der Waals surface area contributed by atoms with Crippen LogP contribution in [-0.4, -0.2) is 12.3 Å². The minimum absolute atomic E-state index is 0. The van der Waals surface area contributed by atoms with Crippen LogP contribution in [0.3, 0.4) is 0 Å². The van der Waals surface area contributed by atoms with Crippen LogP contribution in [0.25, 0.3) is 65.3 Å². The average Bonchev–Trinajstić information content (AvgIpc) is 3.47. The molecule has 12 aromatic rings. The first-order valence-electron chi connectivity index (χ1n) is 24.5. The molecule has 0 aromatic heterocycles. The van der Waals surface area contributed by atoms with E-state index in [-0.39, 0.29) is 44.8 Å². The van der Waals surface area contributed by atoms with Gasteiger partial charge in [-0.15, -0.1) is 11.1 Å². The van der Waals surface area contributed by atoms with Crippen molar-refractivity contribution in [2.24, 2.45) is 0 Å². The van der Waals surface area contributed by atoms with Gasteiger partial charge in [-0.05, 0) is 92.3 Å². The van der Waals surface area contributed by atoms with Gasteiger partial charge >= 0.3 is 44.8 Å². The summed E-state index contributed by atoms with van der Waals surface area (Å²) in [6.07, 6.45) is 18.0. The summed E-state index contributed by atoms with van der Waals surface area (Å²) in [4.78, 5) is 0. The molecule has 0 saturated carbocycles. The van der Waals surface area contributed by atoms with Gasteiger partial charge in [0.25, 0.3) is 0 Å². The van der Waals surface area contributed by atoms with E-state index in [9.17, 15) is 0 Å². The van der Waals surface area contributed by atoms with Crippen LogP contribution >= 0.6 is 15.8 Å². The maximum atomic E-state index is 7.73. The van der Waals surface area contributed by atoms with Crippen LogP contribution in [0, 0.1) is 24.7 Å². The number of rotatable bonds is 9. The molecule has 0 bridgehead atoms. The molecule has 0 radical (unpaired) electrons. The van der Waals surface area contributed by atoms with Crippen molar-refractivity contribution in [1.82, 2.24) is 0 Å². The summed E-state index contributed by atoms with van der Waals surface area (Å²) < 4.78 is 0. The van der Waals surface area contributed by atoms with Crippen LogP contribution in [0.2, 0.25) is 0 Å². The predicted octanol–water partition coefficient (Wildman–Crippen LogP) is 15.9. The fourth-order valence-corrected chi connectivity index (χ4v) is 16.3. The smallest absolute Gasteiger partial charge is 0.366 e. The second kappa shape index (κ2) is 26.4. The van der Waals surface area contributed by atoms with Crippen molar-refractivity contribution in [3.63, 3.8) is 0 Å². The first-order chi connectivity index (χ1) is 35.7. The molecule has 0 unspecified atom stereocenters. The van der Waals surface area contributed by atoms with Crippen LogP contribution in [-0.2, 0) is 44.8 Å². The first-order valence-corrected chi connectivity index (χ1v) is 27.9. The molecule has 12 rings (SSSR count). The molecule has 0 aliphatic carbocycles. The van der Waals surface area contributed by atoms with Gasteiger partial charge in [0, 0.05) is 0 Å². The summed E-state index contributed by atoms with van der Waals surface area (Å²) >= 11 is 0. The van der Waals surface area contributed by atoms with Crippen LogP contribution in [0.4, 0.5) is 0 Å². The molecule has 0 aliphatic rings. The average molecular weight is 1170 g/mol. The van der Waals surface area contributed by atoms with Crippen molar-refractivity contribution in [1.29, 1.82) is 0 Å². The Balaban J connectivity index is 0.000000147. The van der Waals surface area contributed by atoms with Gasteiger partial charge in [0.1, 0.15) is 12.3 Å². The minimum atomic E-state index is -0.783. The van der Waals surface area contributed by atoms with Gasteiger partial charge in [0.2, 0.25) is 0 Å². The van der Waals surface area contributed by atoms with Crippen molar-refractivity contribution in [2.45, 2.75) is 0 Å². The SMILES string of the molecule is [Ag+].[Ag+].[C-]#Cc1c2ccccc2c(-c2ccccc2)c2ccccc12.[C-]#Cc1c2ccccc2c(-c2ccccc2)c2ccccc12.c1ccc([PH+](CC[PH+](c2ccccc2)c2ccccc2)c2ccccc2)cc1. The molecule has 0 amide bonds. The molecule has 0 fully saturated rings. The summed E-state index contributed by atoms with van der Waals surface area (Å²) in [5.74, 6) is 5.28. The summed E-state index contributed by atoms with van der Waals surface area (Å²) in [6.45, 7) is 0. The van der Waals surface area contributed by atoms with E-state index >= 15 is 0 Å². The Morgan fingerprint density at radius 2 is 0.432 bits per heavy atom. The summed E-state index contributed by atoms with van der Waals surface area (Å²) in [6, 6.07) is 98.5. The summed E-state index contributed by atoms with van der Waals surface area (Å²) in [5.41, 5.74) is 6.59. The first kappa shape index (κ1) is 53.4. The molecule has 0 nitrogen and oxygen atoms in total. The van der Waals surface area contributed by atoms with Crippen molar-refractivity contribution in [3.8, 4) is 34.1 Å². The zero-order valence-electron chi connectivity index (χ0n) is 40.6. The second-order valence-corrected chi connectivity index (χ2v) is 22.8. The standard InChI is InChI=1S/C26H24P2.2C22H13.2Ag/c1-5-13-23(14-6-1)27(24-15-7-2-8-16-24)21-22-28(25-17-9-3-10-18-25)26-19-11-4-12-20-26;2*1-2-17-18-12-6-8-14-20(18)22(16-10-4-3-5-11-16)21-15-9-7-13-19(17)21;;/h1-20H,21-22H2;2*3-15H;;/q;2*-1;2*+1/p+2. The Labute approximate surface area is 470 Å². The van der Waals surface area contributed by atoms with Crippen LogP contribution in [0.15, 0.2) is 279 Å². The Morgan fingerprint density at radius 3 is 0.649 bits per heavy atom. The van der Waals surface area contributed by atoms with E-state index in [4.69, 9.17) is 12.8 Å². The number of hydrogen-bond donors (Lipinski definition) is 0. The normalized spacial score (nSPS) is 10.5. The van der Waals surface area contributed by atoms with Crippen LogP contribution in [0.5, 0.6) is 0 Å². The van der Waals surface area contributed by atoms with E-state index in [0.717, 1.165) is 32.7 Å². The zero-order chi connectivity index (χ0) is 48.9. The van der Waals surface area contributed by atoms with E-state index < -0.39 is 15.8 Å². The van der Waals surface area contributed by atoms with Gasteiger partial charge in [0.05, 0.1) is 37.1 Å². The Bertz CT molecular complexity index is 3370. The van der Waals surface area contributed by atoms with Crippen molar-refractivity contribution in [2.75, 3.05) is 12.3 Å². The molecule has 0 spiro atoms. The largest absolute Gasteiger partial charge is 1.00 e. The van der Waals surface area contributed by atoms with Gasteiger partial charge in [-0.25, -0.2) is 0 Å². The third-order valence-electron chi connectivity index (χ3n) is 13.4. The molecule has 4 heteroatoms. The van der Waals surface area contributed by atoms with E-state index in [2.05, 4.69) is 254 Å². The monoisotopic (exact) mass is 1170 g/mol. The maximum absolute atomic E-state index is 7.73. The fourth-order valence-electron chi connectivity index (χ4n) is 10.1. The van der Waals surface area contributed by atoms with Gasteiger partial charge in [-0.3, -0.25) is 11.8 Å². The van der Waals surface area contributed by atoms with E-state index in [1.807, 2.05) is 36.4 Å². The Kier molecular flexibility index (Phi) is 19.0. The number of benzene rings is 12. The number of fused-ring (bicyclic) bond motifs is 4. The molecule has 0 saturated heterocycles. The molecule has 12 aromatic carbocycles. The van der Waals surface area contributed by atoms with Gasteiger partial charge in [-0.2, -0.15) is 0 Å². The Morgan fingerprint density at radius 1 is 0.243 bits per heavy atom. The van der Waals surface area contributed by atoms with E-state index in [0.29, 0.717) is 0 Å². The van der Waals surface area contributed by atoms with E-state index in [1.165, 1.54) is 77.3 Å². The third kappa shape index (κ3) is 11.9. The molecular weight excluding hydrogens is 1120 g/mol. The molecule has 0 N–H and O–H groups in total. The van der Waals surface area contributed by atoms with Crippen LogP contribution < -0.4 is 21.2 Å². The quantitative estimate of drug-likeness (QED) is 0.0444. The van der Waals surface area contributed by atoms with Gasteiger partial charge < -0.3 is 12.8 Å². The maximum Gasteiger partial charge on any atom is 1.00 e. The molecule has 0 aliphatic heterocycles. The van der Waals surface area contributed by atoms with Crippen molar-refractivity contribution >= 4 is 80.2 Å². The topological polar surface area (TPSA) is 0 Å². The fraction of sp³-hybridized carbons (Fsp3) is 0.0286. The number of hydrogen-bond acceptors (Lipinski definition) is 0. The molecule has 74 heavy (non-hydrogen) atoms. The predicted molar refractivity (Wildman–Crippen MR) is 317 cm³/mol. The summed E-state index contributed by atoms with van der Waals surface area (Å²) in [7, 11) is -1.57. The second-order valence-electron chi connectivity index (χ2n) is 17.6. The van der Waals surface area contributed by atoms with Gasteiger partial charge in [-0.1, -0.05) is 252 Å². The van der Waals surface area contributed by atoms with Gasteiger partial charge in [0.15, 0.2) is 0 Å². The Hall–Kier alpha value is -6.86. The summed E-state index contributed by atoms with van der Waals surface area (Å²) in [5, 5.41) is 15.0. The molecule has 362 valence electrons. The molecular formula is C70H52Ag2P2+2. The molecule has 0 atom stereocenters. The van der Waals surface area contributed by atoms with E-state index in [1.54, 1.807) is 0 Å². The van der Waals surface area contributed by atoms with Crippen molar-refractivity contribution < 1.29 is 44.8 Å². The zero-order valence-corrected chi connectivity index (χ0v) is 45.5.